The minimum Gasteiger partial charge on any atom is -0.489 e. The number of nitrogens with zero attached hydrogens (tertiary/aromatic N) is 5. The Morgan fingerprint density at radius 2 is 1.97 bits per heavy atom. The van der Waals surface area contributed by atoms with Crippen LogP contribution in [0.5, 0.6) is 11.6 Å². The summed E-state index contributed by atoms with van der Waals surface area (Å²) in [6, 6.07) is 9.46. The maximum absolute atomic E-state index is 13.1. The molecule has 0 bridgehead atoms. The molecule has 1 saturated heterocycles. The van der Waals surface area contributed by atoms with Crippen molar-refractivity contribution in [1.29, 1.82) is 0 Å². The van der Waals surface area contributed by atoms with Crippen molar-refractivity contribution in [2.24, 2.45) is 13.0 Å². The standard InChI is InChI=1S/C25H22F2N6O3S/c1-13(15-9-34-10-15)35-20-6-14(17-8-33(2)32-24(17)36-25(26)27)5-19-22(20)23(29-11-28-19)31-16-3-4-18-21(7-16)37-12-30-18/h3-8,11-13,15,25H,9-10H2,1-2H3,(H,28,29,31)/t13-/m0/s1. The van der Waals surface area contributed by atoms with Gasteiger partial charge in [-0.1, -0.05) is 0 Å². The summed E-state index contributed by atoms with van der Waals surface area (Å²) < 4.78 is 45.0. The lowest BCUT2D eigenvalue weighted by molar-refractivity contribution is -0.0773. The Kier molecular flexibility index (Phi) is 6.05. The number of halogens is 2. The van der Waals surface area contributed by atoms with Crippen LogP contribution in [0.2, 0.25) is 0 Å². The van der Waals surface area contributed by atoms with Gasteiger partial charge in [0.1, 0.15) is 24.0 Å². The zero-order valence-corrected chi connectivity index (χ0v) is 20.7. The summed E-state index contributed by atoms with van der Waals surface area (Å²) >= 11 is 1.55. The number of thiazole rings is 1. The molecule has 5 aromatic rings. The number of hydrogen-bond acceptors (Lipinski definition) is 9. The summed E-state index contributed by atoms with van der Waals surface area (Å²) in [6.07, 6.45) is 2.92. The summed E-state index contributed by atoms with van der Waals surface area (Å²) in [5, 5.41) is 8.10. The van der Waals surface area contributed by atoms with Crippen LogP contribution < -0.4 is 14.8 Å². The Morgan fingerprint density at radius 3 is 2.76 bits per heavy atom. The molecule has 1 aliphatic heterocycles. The average molecular weight is 525 g/mol. The van der Waals surface area contributed by atoms with Crippen LogP contribution in [-0.2, 0) is 11.8 Å². The first kappa shape index (κ1) is 23.5. The fraction of sp³-hybridized carbons (Fsp3) is 0.280. The fourth-order valence-electron chi connectivity index (χ4n) is 4.23. The average Bonchev–Trinajstić information content (AvgIpc) is 3.43. The highest BCUT2D eigenvalue weighted by Crippen LogP contribution is 2.40. The van der Waals surface area contributed by atoms with E-state index >= 15 is 0 Å². The molecule has 6 rings (SSSR count). The first-order valence-corrected chi connectivity index (χ1v) is 12.4. The Labute approximate surface area is 214 Å². The topological polar surface area (TPSA) is 96.2 Å². The molecule has 4 heterocycles. The van der Waals surface area contributed by atoms with Gasteiger partial charge in [0.15, 0.2) is 0 Å². The quantitative estimate of drug-likeness (QED) is 0.288. The second-order valence-electron chi connectivity index (χ2n) is 8.77. The predicted octanol–water partition coefficient (Wildman–Crippen LogP) is 5.40. The molecule has 9 nitrogen and oxygen atoms in total. The molecule has 0 aliphatic carbocycles. The van der Waals surface area contributed by atoms with Gasteiger partial charge in [0.2, 0.25) is 5.88 Å². The summed E-state index contributed by atoms with van der Waals surface area (Å²) in [5.41, 5.74) is 5.13. The van der Waals surface area contributed by atoms with E-state index in [9.17, 15) is 8.78 Å². The molecule has 0 saturated carbocycles. The van der Waals surface area contributed by atoms with Crippen molar-refractivity contribution in [3.63, 3.8) is 0 Å². The first-order valence-electron chi connectivity index (χ1n) is 11.6. The van der Waals surface area contributed by atoms with Crippen LogP contribution in [0.25, 0.3) is 32.2 Å². The number of ether oxygens (including phenoxy) is 3. The van der Waals surface area contributed by atoms with Crippen molar-refractivity contribution < 1.29 is 23.0 Å². The third-order valence-electron chi connectivity index (χ3n) is 6.24. The zero-order chi connectivity index (χ0) is 25.5. The normalized spacial score (nSPS) is 14.7. The number of aromatic nitrogens is 5. The van der Waals surface area contributed by atoms with E-state index in [4.69, 9.17) is 9.47 Å². The van der Waals surface area contributed by atoms with Gasteiger partial charge in [-0.15, -0.1) is 16.4 Å². The van der Waals surface area contributed by atoms with Gasteiger partial charge >= 0.3 is 6.61 Å². The molecule has 1 aliphatic rings. The highest BCUT2D eigenvalue weighted by atomic mass is 32.1. The Morgan fingerprint density at radius 1 is 1.11 bits per heavy atom. The van der Waals surface area contributed by atoms with Crippen LogP contribution in [0.4, 0.5) is 20.3 Å². The molecule has 1 fully saturated rings. The van der Waals surface area contributed by atoms with Crippen molar-refractivity contribution in [2.75, 3.05) is 18.5 Å². The summed E-state index contributed by atoms with van der Waals surface area (Å²) in [6.45, 7) is 0.210. The highest BCUT2D eigenvalue weighted by molar-refractivity contribution is 7.16. The molecule has 2 aromatic carbocycles. The van der Waals surface area contributed by atoms with Gasteiger partial charge in [0.05, 0.1) is 45.4 Å². The van der Waals surface area contributed by atoms with E-state index in [2.05, 4.69) is 30.1 Å². The van der Waals surface area contributed by atoms with E-state index in [1.54, 1.807) is 42.2 Å². The third-order valence-corrected chi connectivity index (χ3v) is 7.03. The molecular weight excluding hydrogens is 502 g/mol. The maximum atomic E-state index is 13.1. The molecule has 3 aromatic heterocycles. The van der Waals surface area contributed by atoms with Crippen molar-refractivity contribution in [3.8, 4) is 22.8 Å². The van der Waals surface area contributed by atoms with E-state index in [1.165, 1.54) is 11.0 Å². The minimum absolute atomic E-state index is 0.153. The van der Waals surface area contributed by atoms with Crippen molar-refractivity contribution in [2.45, 2.75) is 19.6 Å². The smallest absolute Gasteiger partial charge is 0.388 e. The minimum atomic E-state index is -3.00. The van der Waals surface area contributed by atoms with Gasteiger partial charge in [-0.05, 0) is 42.8 Å². The molecule has 190 valence electrons. The van der Waals surface area contributed by atoms with Crippen molar-refractivity contribution >= 4 is 44.0 Å². The molecule has 0 amide bonds. The van der Waals surface area contributed by atoms with Gasteiger partial charge in [-0.25, -0.2) is 15.0 Å². The lowest BCUT2D eigenvalue weighted by Gasteiger charge is -2.32. The number of benzene rings is 2. The van der Waals surface area contributed by atoms with Crippen molar-refractivity contribution in [1.82, 2.24) is 24.7 Å². The van der Waals surface area contributed by atoms with E-state index in [0.717, 1.165) is 15.9 Å². The Balaban J connectivity index is 1.46. The van der Waals surface area contributed by atoms with Crippen LogP contribution >= 0.6 is 11.3 Å². The number of fused-ring (bicyclic) bond motifs is 2. The zero-order valence-electron chi connectivity index (χ0n) is 19.9. The summed E-state index contributed by atoms with van der Waals surface area (Å²) in [5.74, 6) is 1.14. The van der Waals surface area contributed by atoms with Crippen molar-refractivity contribution in [3.05, 3.63) is 48.4 Å². The predicted molar refractivity (Wildman–Crippen MR) is 136 cm³/mol. The third kappa shape index (κ3) is 4.65. The number of hydrogen-bond donors (Lipinski definition) is 1. The SMILES string of the molecule is C[C@H](Oc1cc(-c2cn(C)nc2OC(F)F)cc2ncnc(Nc3ccc4ncsc4c3)c12)C1COC1. The highest BCUT2D eigenvalue weighted by Gasteiger charge is 2.28. The molecule has 0 unspecified atom stereocenters. The van der Waals surface area contributed by atoms with Crippen LogP contribution in [0.1, 0.15) is 6.92 Å². The second kappa shape index (κ2) is 9.52. The van der Waals surface area contributed by atoms with Gasteiger partial charge in [-0.3, -0.25) is 4.68 Å². The largest absolute Gasteiger partial charge is 0.489 e. The molecule has 37 heavy (non-hydrogen) atoms. The van der Waals surface area contributed by atoms with E-state index in [0.29, 0.717) is 46.8 Å². The van der Waals surface area contributed by atoms with Crippen LogP contribution in [0.3, 0.4) is 0 Å². The van der Waals surface area contributed by atoms with Crippen LogP contribution in [0.15, 0.2) is 48.4 Å². The number of aryl methyl sites for hydroxylation is 1. The van der Waals surface area contributed by atoms with Gasteiger partial charge in [0, 0.05) is 24.8 Å². The molecule has 0 radical (unpaired) electrons. The lowest BCUT2D eigenvalue weighted by atomic mass is 10.0. The second-order valence-corrected chi connectivity index (χ2v) is 9.66. The van der Waals surface area contributed by atoms with Crippen LogP contribution in [0, 0.1) is 5.92 Å². The number of rotatable bonds is 8. The Hall–Kier alpha value is -3.90. The molecule has 12 heteroatoms. The van der Waals surface area contributed by atoms with Gasteiger partial charge in [-0.2, -0.15) is 8.78 Å². The first-order chi connectivity index (χ1) is 17.9. The monoisotopic (exact) mass is 524 g/mol. The number of anilines is 2. The van der Waals surface area contributed by atoms with E-state index in [-0.39, 0.29) is 17.9 Å². The summed E-state index contributed by atoms with van der Waals surface area (Å²) in [7, 11) is 1.64. The van der Waals surface area contributed by atoms with E-state index in [1.807, 2.05) is 25.1 Å². The lowest BCUT2D eigenvalue weighted by Crippen LogP contribution is -2.39. The molecular formula is C25H22F2N6O3S. The van der Waals surface area contributed by atoms with Gasteiger partial charge < -0.3 is 19.5 Å². The van der Waals surface area contributed by atoms with Gasteiger partial charge in [0.25, 0.3) is 0 Å². The summed E-state index contributed by atoms with van der Waals surface area (Å²) in [4.78, 5) is 13.3. The van der Waals surface area contributed by atoms with Crippen LogP contribution in [-0.4, -0.2) is 50.7 Å². The molecule has 0 spiro atoms. The number of alkyl halides is 2. The van der Waals surface area contributed by atoms with E-state index < -0.39 is 6.61 Å². The Bertz CT molecular complexity index is 1590. The molecule has 1 N–H and O–H groups in total. The molecule has 1 atom stereocenters. The number of nitrogens with one attached hydrogen (secondary N) is 1. The fourth-order valence-corrected chi connectivity index (χ4v) is 4.94. The maximum Gasteiger partial charge on any atom is 0.388 e.